The average Bonchev–Trinajstić information content (AvgIpc) is 3.71. The van der Waals surface area contributed by atoms with Gasteiger partial charge in [0.05, 0.1) is 40.8 Å². The highest BCUT2D eigenvalue weighted by Gasteiger charge is 2.17. The van der Waals surface area contributed by atoms with Gasteiger partial charge in [-0.1, -0.05) is 65.5 Å². The number of anilines is 1. The van der Waals surface area contributed by atoms with Crippen LogP contribution >= 0.6 is 11.3 Å². The molecule has 0 aliphatic heterocycles. The van der Waals surface area contributed by atoms with Crippen LogP contribution < -0.4 is 24.4 Å². The van der Waals surface area contributed by atoms with Crippen molar-refractivity contribution in [3.63, 3.8) is 0 Å². The molecule has 0 radical (unpaired) electrons. The summed E-state index contributed by atoms with van der Waals surface area (Å²) in [5.74, 6) is -2.22. The van der Waals surface area contributed by atoms with Crippen molar-refractivity contribution in [1.29, 1.82) is 0 Å². The molecular formula is C48H53N3O13S. The smallest absolute Gasteiger partial charge is 0.343 e. The first-order valence-electron chi connectivity index (χ1n) is 18.8. The highest BCUT2D eigenvalue weighted by atomic mass is 32.1. The van der Waals surface area contributed by atoms with Gasteiger partial charge in [-0.2, -0.15) is 5.10 Å². The number of nitrogens with one attached hydrogen (secondary N) is 1. The number of thiazole rings is 1. The first-order chi connectivity index (χ1) is 30.1. The molecule has 4 aromatic carbocycles. The highest BCUT2D eigenvalue weighted by Crippen LogP contribution is 2.28. The van der Waals surface area contributed by atoms with Crippen LogP contribution in [-0.2, 0) is 33.3 Å². The Morgan fingerprint density at radius 1 is 0.677 bits per heavy atom. The van der Waals surface area contributed by atoms with Crippen molar-refractivity contribution < 1.29 is 61.9 Å². The van der Waals surface area contributed by atoms with E-state index in [0.717, 1.165) is 28.4 Å². The maximum Gasteiger partial charge on any atom is 0.343 e. The molecule has 1 heterocycles. The number of carbonyl (C=O) groups is 5. The SMILES string of the molecule is C.C.C.C=CC(=O)OCCCCOCC(COc1ccc(C(=O)Oc2ccc(OC(=O)c3ccc(OCOC(=O)C=C)cc3)cc2/C=N/Nc2nc3ccccc3s2)cc1)OC(=O)C=C. The minimum absolute atomic E-state index is 0. The minimum Gasteiger partial charge on any atom is -0.490 e. The molecule has 5 rings (SSSR count). The predicted molar refractivity (Wildman–Crippen MR) is 249 cm³/mol. The lowest BCUT2D eigenvalue weighted by Gasteiger charge is -2.18. The predicted octanol–water partition coefficient (Wildman–Crippen LogP) is 9.16. The van der Waals surface area contributed by atoms with E-state index in [2.05, 4.69) is 35.2 Å². The zero-order valence-corrected chi connectivity index (χ0v) is 34.0. The first kappa shape index (κ1) is 53.5. The molecule has 65 heavy (non-hydrogen) atoms. The molecule has 0 aliphatic carbocycles. The van der Waals surface area contributed by atoms with E-state index in [0.29, 0.717) is 36.1 Å². The fourth-order valence-electron chi connectivity index (χ4n) is 5.05. The molecule has 1 unspecified atom stereocenters. The Labute approximate surface area is 382 Å². The lowest BCUT2D eigenvalue weighted by molar-refractivity contribution is -0.148. The Bertz CT molecular complexity index is 2360. The Hall–Kier alpha value is -7.63. The maximum absolute atomic E-state index is 13.4. The Balaban J connectivity index is 0.00000484. The van der Waals surface area contributed by atoms with Crippen LogP contribution in [0.3, 0.4) is 0 Å². The molecule has 0 amide bonds. The molecule has 5 aromatic rings. The van der Waals surface area contributed by atoms with Crippen molar-refractivity contribution in [3.8, 4) is 23.0 Å². The number of nitrogens with zero attached hydrogens (tertiary/aromatic N) is 2. The molecule has 0 fully saturated rings. The van der Waals surface area contributed by atoms with Gasteiger partial charge in [-0.05, 0) is 91.7 Å². The van der Waals surface area contributed by atoms with Gasteiger partial charge in [-0.3, -0.25) is 5.43 Å². The van der Waals surface area contributed by atoms with E-state index in [1.165, 1.54) is 72.1 Å². The van der Waals surface area contributed by atoms with Gasteiger partial charge in [-0.15, -0.1) is 0 Å². The second kappa shape index (κ2) is 28.1. The number of fused-ring (bicyclic) bond motifs is 1. The number of hydrazone groups is 1. The Kier molecular flexibility index (Phi) is 23.2. The molecule has 0 bridgehead atoms. The van der Waals surface area contributed by atoms with E-state index in [1.807, 2.05) is 24.3 Å². The van der Waals surface area contributed by atoms with Gasteiger partial charge in [0, 0.05) is 30.4 Å². The van der Waals surface area contributed by atoms with Crippen LogP contribution in [0.2, 0.25) is 0 Å². The van der Waals surface area contributed by atoms with Gasteiger partial charge in [0.1, 0.15) is 29.6 Å². The van der Waals surface area contributed by atoms with Crippen LogP contribution in [0, 0.1) is 0 Å². The number of aromatic nitrogens is 1. The summed E-state index contributed by atoms with van der Waals surface area (Å²) in [5.41, 5.74) is 4.36. The normalized spacial score (nSPS) is 10.6. The number of para-hydroxylation sites is 1. The third-order valence-electron chi connectivity index (χ3n) is 8.11. The fraction of sp³-hybridized carbons (Fsp3) is 0.229. The third-order valence-corrected chi connectivity index (χ3v) is 9.05. The molecular weight excluding hydrogens is 859 g/mol. The number of unbranched alkanes of at least 4 members (excludes halogenated alkanes) is 1. The molecule has 1 N–H and O–H groups in total. The van der Waals surface area contributed by atoms with Gasteiger partial charge >= 0.3 is 29.8 Å². The number of benzene rings is 4. The summed E-state index contributed by atoms with van der Waals surface area (Å²) >= 11 is 1.40. The van der Waals surface area contributed by atoms with Crippen LogP contribution in [0.4, 0.5) is 5.13 Å². The van der Waals surface area contributed by atoms with Gasteiger partial charge in [-0.25, -0.2) is 29.0 Å². The number of hydrogen-bond donors (Lipinski definition) is 1. The molecule has 344 valence electrons. The van der Waals surface area contributed by atoms with Crippen molar-refractivity contribution in [2.75, 3.05) is 38.6 Å². The standard InChI is InChI=1S/C45H41N3O13S.3CH4/c1-4-40(49)55-24-10-9-23-54-27-36(59-42(51)6-3)28-56-33-17-13-31(14-18-33)44(53)61-38-22-21-35(25-32(38)26-46-48-45-47-37-11-7-8-12-39(37)62-45)60-43(52)30-15-19-34(20-16-30)57-29-58-41(50)5-2;;;/h4-8,11-22,25-26,36H,1-3,9-10,23-24,27-29H2,(H,47,48);3*1H4/b46-26+;;;. The van der Waals surface area contributed by atoms with E-state index in [9.17, 15) is 24.0 Å². The first-order valence-corrected chi connectivity index (χ1v) is 19.6. The van der Waals surface area contributed by atoms with Gasteiger partial charge in [0.15, 0.2) is 6.10 Å². The molecule has 0 spiro atoms. The number of carbonyl (C=O) groups excluding carboxylic acids is 5. The second-order valence-electron chi connectivity index (χ2n) is 12.5. The number of rotatable bonds is 24. The lowest BCUT2D eigenvalue weighted by atomic mass is 10.2. The largest absolute Gasteiger partial charge is 0.490 e. The van der Waals surface area contributed by atoms with Crippen LogP contribution in [0.15, 0.2) is 134 Å². The van der Waals surface area contributed by atoms with Crippen molar-refractivity contribution >= 4 is 62.7 Å². The van der Waals surface area contributed by atoms with Gasteiger partial charge in [0.2, 0.25) is 11.9 Å². The Morgan fingerprint density at radius 3 is 1.94 bits per heavy atom. The van der Waals surface area contributed by atoms with E-state index in [1.54, 1.807) is 12.1 Å². The zero-order chi connectivity index (χ0) is 44.1. The van der Waals surface area contributed by atoms with E-state index in [4.69, 9.17) is 37.9 Å². The molecule has 0 saturated heterocycles. The summed E-state index contributed by atoms with van der Waals surface area (Å²) in [4.78, 5) is 65.2. The lowest BCUT2D eigenvalue weighted by Crippen LogP contribution is -2.29. The van der Waals surface area contributed by atoms with Crippen LogP contribution in [0.5, 0.6) is 23.0 Å². The summed E-state index contributed by atoms with van der Waals surface area (Å²) in [6.45, 7) is 10.3. The van der Waals surface area contributed by atoms with E-state index >= 15 is 0 Å². The zero-order valence-electron chi connectivity index (χ0n) is 33.2. The quantitative estimate of drug-likeness (QED) is 0.00898. The van der Waals surface area contributed by atoms with Gasteiger partial charge in [0.25, 0.3) is 0 Å². The Morgan fingerprint density at radius 2 is 1.28 bits per heavy atom. The summed E-state index contributed by atoms with van der Waals surface area (Å²) in [7, 11) is 0. The second-order valence-corrected chi connectivity index (χ2v) is 13.6. The van der Waals surface area contributed by atoms with Crippen molar-refractivity contribution in [3.05, 3.63) is 146 Å². The molecule has 1 atom stereocenters. The maximum atomic E-state index is 13.4. The number of hydrogen-bond acceptors (Lipinski definition) is 17. The molecule has 17 heteroatoms. The van der Waals surface area contributed by atoms with Crippen LogP contribution in [-0.4, -0.2) is 80.4 Å². The molecule has 0 saturated carbocycles. The third kappa shape index (κ3) is 17.6. The van der Waals surface area contributed by atoms with Crippen molar-refractivity contribution in [2.24, 2.45) is 5.10 Å². The minimum atomic E-state index is -0.766. The topological polar surface area (TPSA) is 196 Å². The van der Waals surface area contributed by atoms with E-state index in [-0.39, 0.29) is 77.1 Å². The summed E-state index contributed by atoms with van der Waals surface area (Å²) in [5, 5.41) is 4.82. The number of ether oxygens (including phenoxy) is 8. The summed E-state index contributed by atoms with van der Waals surface area (Å²) in [6, 6.07) is 24.1. The van der Waals surface area contributed by atoms with Crippen molar-refractivity contribution in [2.45, 2.75) is 41.2 Å². The monoisotopic (exact) mass is 911 g/mol. The highest BCUT2D eigenvalue weighted by molar-refractivity contribution is 7.22. The van der Waals surface area contributed by atoms with Crippen LogP contribution in [0.1, 0.15) is 61.4 Å². The van der Waals surface area contributed by atoms with Crippen molar-refractivity contribution in [1.82, 2.24) is 4.98 Å². The molecule has 1 aromatic heterocycles. The molecule has 0 aliphatic rings. The van der Waals surface area contributed by atoms with E-state index < -0.39 is 36.0 Å². The van der Waals surface area contributed by atoms with Gasteiger partial charge < -0.3 is 37.9 Å². The van der Waals surface area contributed by atoms with Crippen LogP contribution in [0.25, 0.3) is 10.2 Å². The summed E-state index contributed by atoms with van der Waals surface area (Å²) < 4.78 is 44.2. The number of esters is 5. The summed E-state index contributed by atoms with van der Waals surface area (Å²) in [6.07, 6.45) is 4.95. The fourth-order valence-corrected chi connectivity index (χ4v) is 5.86. The molecule has 16 nitrogen and oxygen atoms in total. The average molecular weight is 912 g/mol.